The van der Waals surface area contributed by atoms with Crippen LogP contribution in [0.1, 0.15) is 11.4 Å². The normalized spacial score (nSPS) is 17.1. The van der Waals surface area contributed by atoms with Crippen LogP contribution in [-0.4, -0.2) is 40.8 Å². The van der Waals surface area contributed by atoms with Crippen molar-refractivity contribution >= 4 is 21.2 Å². The Morgan fingerprint density at radius 1 is 1.17 bits per heavy atom. The molecule has 0 saturated heterocycles. The molecule has 10 nitrogen and oxygen atoms in total. The minimum Gasteiger partial charge on any atom is -0.354 e. The topological polar surface area (TPSA) is 124 Å². The van der Waals surface area contributed by atoms with Crippen molar-refractivity contribution in [1.82, 2.24) is 28.7 Å². The number of hydrogen-bond acceptors (Lipinski definition) is 6. The molecule has 0 fully saturated rings. The molecule has 0 bridgehead atoms. The highest BCUT2D eigenvalue weighted by atomic mass is 32.2. The van der Waals surface area contributed by atoms with Gasteiger partial charge in [0.1, 0.15) is 29.2 Å². The van der Waals surface area contributed by atoms with Crippen LogP contribution in [0.3, 0.4) is 0 Å². The summed E-state index contributed by atoms with van der Waals surface area (Å²) in [6.07, 6.45) is 0.730. The van der Waals surface area contributed by atoms with Gasteiger partial charge in [0, 0.05) is 37.1 Å². The third kappa shape index (κ3) is 3.59. The summed E-state index contributed by atoms with van der Waals surface area (Å²) in [7, 11) is -3.23. The van der Waals surface area contributed by atoms with Gasteiger partial charge in [-0.2, -0.15) is 21.9 Å². The first-order valence-corrected chi connectivity index (χ1v) is 11.7. The zero-order valence-corrected chi connectivity index (χ0v) is 19.1. The van der Waals surface area contributed by atoms with E-state index in [0.29, 0.717) is 21.3 Å². The lowest BCUT2D eigenvalue weighted by atomic mass is 10.1. The van der Waals surface area contributed by atoms with Crippen LogP contribution in [0.2, 0.25) is 0 Å². The molecule has 36 heavy (non-hydrogen) atoms. The Bertz CT molecular complexity index is 1690. The van der Waals surface area contributed by atoms with E-state index in [1.807, 2.05) is 4.72 Å². The molecule has 190 valence electrons. The van der Waals surface area contributed by atoms with Gasteiger partial charge in [-0.25, -0.2) is 27.3 Å². The Kier molecular flexibility index (Phi) is 5.31. The summed E-state index contributed by atoms with van der Waals surface area (Å²) in [5.41, 5.74) is -2.82. The van der Waals surface area contributed by atoms with Gasteiger partial charge in [0.05, 0.1) is 23.2 Å². The number of imidazole rings is 1. The second-order valence-corrected chi connectivity index (χ2v) is 9.67. The van der Waals surface area contributed by atoms with E-state index < -0.39 is 68.9 Å². The SMILES string of the molecule is CNS(=O)(=O)N[C@@H]1Cn2c(cn(-c3noc4cc(C)nc(-c5c(F)cc(F)cc5F)c34)c2=O)C1(F)F. The number of aryl methyl sites for hydroxylation is 1. The average Bonchev–Trinajstić information content (AvgIpc) is 3.40. The largest absolute Gasteiger partial charge is 0.354 e. The van der Waals surface area contributed by atoms with Gasteiger partial charge in [-0.1, -0.05) is 5.16 Å². The minimum absolute atomic E-state index is 0.0692. The Morgan fingerprint density at radius 2 is 1.83 bits per heavy atom. The van der Waals surface area contributed by atoms with E-state index in [0.717, 1.165) is 13.2 Å². The fourth-order valence-corrected chi connectivity index (χ4v) is 4.81. The van der Waals surface area contributed by atoms with E-state index in [4.69, 9.17) is 4.52 Å². The summed E-state index contributed by atoms with van der Waals surface area (Å²) in [5, 5.41) is 3.54. The summed E-state index contributed by atoms with van der Waals surface area (Å²) < 4.78 is 106. The average molecular weight is 530 g/mol. The number of nitrogens with one attached hydrogen (secondary N) is 2. The van der Waals surface area contributed by atoms with Crippen molar-refractivity contribution in [1.29, 1.82) is 0 Å². The highest BCUT2D eigenvalue weighted by molar-refractivity contribution is 7.87. The molecule has 1 aliphatic heterocycles. The van der Waals surface area contributed by atoms with Gasteiger partial charge in [-0.15, -0.1) is 0 Å². The van der Waals surface area contributed by atoms with Gasteiger partial charge >= 0.3 is 11.6 Å². The molecule has 2 N–H and O–H groups in total. The predicted octanol–water partition coefficient (Wildman–Crippen LogP) is 2.10. The van der Waals surface area contributed by atoms with Crippen LogP contribution in [0.15, 0.2) is 33.7 Å². The van der Waals surface area contributed by atoms with Gasteiger partial charge in [0.25, 0.3) is 10.2 Å². The maximum atomic E-state index is 15.0. The van der Waals surface area contributed by atoms with Crippen molar-refractivity contribution in [2.24, 2.45) is 0 Å². The Labute approximate surface area is 198 Å². The standard InChI is InChI=1S/C20H15F5N6O4S/c1-8-3-12-16(17(27-8)15-10(22)4-9(21)5-11(15)23)18(28-35-12)31-7-14-20(24,25)13(6-30(14)19(31)32)29-36(33,34)26-2/h3-5,7,13,26,29H,6H2,1-2H3/t13-/m1/s1. The zero-order valence-electron chi connectivity index (χ0n) is 18.3. The number of benzene rings is 1. The molecule has 0 saturated carbocycles. The van der Waals surface area contributed by atoms with Crippen molar-refractivity contribution in [3.63, 3.8) is 0 Å². The van der Waals surface area contributed by atoms with E-state index in [1.54, 1.807) is 4.72 Å². The number of halogens is 5. The smallest absolute Gasteiger partial charge is 0.334 e. The molecular formula is C20H15F5N6O4S. The van der Waals surface area contributed by atoms with E-state index in [9.17, 15) is 26.4 Å². The zero-order chi connectivity index (χ0) is 26.2. The summed E-state index contributed by atoms with van der Waals surface area (Å²) in [4.78, 5) is 17.2. The lowest BCUT2D eigenvalue weighted by molar-refractivity contribution is -0.0249. The van der Waals surface area contributed by atoms with Gasteiger partial charge in [0.2, 0.25) is 0 Å². The molecule has 0 spiro atoms. The first-order chi connectivity index (χ1) is 16.8. The van der Waals surface area contributed by atoms with Crippen LogP contribution in [0.4, 0.5) is 22.0 Å². The molecule has 4 heterocycles. The van der Waals surface area contributed by atoms with Crippen LogP contribution < -0.4 is 15.1 Å². The number of rotatable bonds is 5. The number of hydrogen-bond donors (Lipinski definition) is 2. The van der Waals surface area contributed by atoms with E-state index in [1.165, 1.54) is 13.0 Å². The second kappa shape index (κ2) is 7.94. The molecule has 1 aliphatic rings. The predicted molar refractivity (Wildman–Crippen MR) is 114 cm³/mol. The molecule has 0 amide bonds. The third-order valence-corrected chi connectivity index (χ3v) is 6.86. The van der Waals surface area contributed by atoms with Crippen LogP contribution in [0.25, 0.3) is 28.0 Å². The van der Waals surface area contributed by atoms with Crippen molar-refractivity contribution in [2.45, 2.75) is 25.4 Å². The molecule has 1 aromatic carbocycles. The number of alkyl halides is 2. The van der Waals surface area contributed by atoms with E-state index >= 15 is 8.78 Å². The van der Waals surface area contributed by atoms with Crippen LogP contribution in [0.5, 0.6) is 0 Å². The van der Waals surface area contributed by atoms with Crippen molar-refractivity contribution in [2.75, 3.05) is 7.05 Å². The van der Waals surface area contributed by atoms with Crippen LogP contribution in [-0.2, 0) is 22.7 Å². The van der Waals surface area contributed by atoms with Gasteiger partial charge in [-0.3, -0.25) is 9.55 Å². The van der Waals surface area contributed by atoms with Crippen molar-refractivity contribution < 1.29 is 34.9 Å². The molecule has 3 aromatic heterocycles. The van der Waals surface area contributed by atoms with Crippen molar-refractivity contribution in [3.05, 3.63) is 63.7 Å². The van der Waals surface area contributed by atoms with E-state index in [2.05, 4.69) is 10.1 Å². The Balaban J connectivity index is 1.70. The Hall–Kier alpha value is -3.63. The maximum absolute atomic E-state index is 15.0. The van der Waals surface area contributed by atoms with Crippen molar-refractivity contribution in [3.8, 4) is 17.1 Å². The summed E-state index contributed by atoms with van der Waals surface area (Å²) in [6, 6.07) is 0.269. The Morgan fingerprint density at radius 3 is 2.44 bits per heavy atom. The number of nitrogens with zero attached hydrogens (tertiary/aromatic N) is 4. The summed E-state index contributed by atoms with van der Waals surface area (Å²) in [5.74, 6) is -7.96. The first-order valence-electron chi connectivity index (χ1n) is 10.2. The van der Waals surface area contributed by atoms with E-state index in [-0.39, 0.29) is 22.4 Å². The summed E-state index contributed by atoms with van der Waals surface area (Å²) in [6.45, 7) is 0.771. The monoisotopic (exact) mass is 530 g/mol. The molecule has 0 unspecified atom stereocenters. The second-order valence-electron chi connectivity index (χ2n) is 8.01. The van der Waals surface area contributed by atoms with Crippen LogP contribution in [0, 0.1) is 24.4 Å². The van der Waals surface area contributed by atoms with Gasteiger partial charge in [0.15, 0.2) is 11.4 Å². The molecule has 0 radical (unpaired) electrons. The minimum atomic E-state index is -4.25. The fourth-order valence-electron chi connectivity index (χ4n) is 4.09. The molecule has 0 aliphatic carbocycles. The van der Waals surface area contributed by atoms with Crippen LogP contribution >= 0.6 is 0 Å². The molecule has 5 rings (SSSR count). The number of fused-ring (bicyclic) bond motifs is 2. The number of pyridine rings is 1. The summed E-state index contributed by atoms with van der Waals surface area (Å²) >= 11 is 0. The maximum Gasteiger partial charge on any atom is 0.334 e. The lowest BCUT2D eigenvalue weighted by Gasteiger charge is -2.19. The highest BCUT2D eigenvalue weighted by Crippen LogP contribution is 2.39. The third-order valence-electron chi connectivity index (χ3n) is 5.73. The van der Waals surface area contributed by atoms with Gasteiger partial charge in [-0.05, 0) is 6.92 Å². The molecular weight excluding hydrogens is 515 g/mol. The number of aromatic nitrogens is 4. The molecule has 16 heteroatoms. The highest BCUT2D eigenvalue weighted by Gasteiger charge is 2.52. The fraction of sp³-hybridized carbons (Fsp3) is 0.250. The molecule has 4 aromatic rings. The lowest BCUT2D eigenvalue weighted by Crippen LogP contribution is -2.48. The quantitative estimate of drug-likeness (QED) is 0.381. The first kappa shape index (κ1) is 24.1. The van der Waals surface area contributed by atoms with Gasteiger partial charge < -0.3 is 4.52 Å². The molecule has 1 atom stereocenters.